The monoisotopic (exact) mass is 280 g/mol. The molecule has 0 radical (unpaired) electrons. The molecule has 0 bridgehead atoms. The minimum Gasteiger partial charge on any atom is -0.497 e. The molecule has 1 aromatic carbocycles. The van der Waals surface area contributed by atoms with Crippen molar-refractivity contribution in [2.45, 2.75) is 4.90 Å². The number of rotatable bonds is 2. The van der Waals surface area contributed by atoms with Gasteiger partial charge in [-0.1, -0.05) is 0 Å². The Morgan fingerprint density at radius 2 is 2.18 bits per heavy atom. The van der Waals surface area contributed by atoms with Gasteiger partial charge in [0.05, 0.1) is 7.11 Å². The van der Waals surface area contributed by atoms with Crippen LogP contribution in [0.3, 0.4) is 0 Å². The predicted molar refractivity (Wildman–Crippen MR) is 57.5 cm³/mol. The molecule has 0 saturated carbocycles. The van der Waals surface area contributed by atoms with E-state index in [1.807, 2.05) is 12.1 Å². The van der Waals surface area contributed by atoms with Crippen molar-refractivity contribution in [3.05, 3.63) is 21.8 Å². The second-order valence-electron chi connectivity index (χ2n) is 2.00. The van der Waals surface area contributed by atoms with E-state index >= 15 is 0 Å². The van der Waals surface area contributed by atoms with Gasteiger partial charge in [-0.05, 0) is 47.0 Å². The summed E-state index contributed by atoms with van der Waals surface area (Å²) in [4.78, 5) is 1.30. The van der Waals surface area contributed by atoms with Gasteiger partial charge < -0.3 is 4.74 Å². The fourth-order valence-electron chi connectivity index (χ4n) is 0.774. The third-order valence-electron chi connectivity index (χ3n) is 1.36. The van der Waals surface area contributed by atoms with Crippen molar-refractivity contribution in [1.82, 2.24) is 0 Å². The lowest BCUT2D eigenvalue weighted by atomic mass is 10.3. The maximum Gasteiger partial charge on any atom is 0.119 e. The van der Waals surface area contributed by atoms with E-state index in [2.05, 4.69) is 34.9 Å². The van der Waals surface area contributed by atoms with Gasteiger partial charge in [-0.3, -0.25) is 0 Å². The van der Waals surface area contributed by atoms with Crippen LogP contribution >= 0.6 is 34.4 Å². The van der Waals surface area contributed by atoms with Gasteiger partial charge in [0, 0.05) is 8.47 Å². The van der Waals surface area contributed by atoms with E-state index in [-0.39, 0.29) is 0 Å². The molecule has 0 N–H and O–H groups in total. The fraction of sp³-hybridized carbons (Fsp3) is 0.250. The van der Waals surface area contributed by atoms with E-state index in [1.165, 1.54) is 8.47 Å². The van der Waals surface area contributed by atoms with Crippen LogP contribution < -0.4 is 4.74 Å². The van der Waals surface area contributed by atoms with Crippen LogP contribution in [0.4, 0.5) is 0 Å². The van der Waals surface area contributed by atoms with Gasteiger partial charge in [0.15, 0.2) is 0 Å². The Bertz CT molecular complexity index is 250. The number of halogens is 1. The maximum atomic E-state index is 5.08. The summed E-state index contributed by atoms with van der Waals surface area (Å²) in [6.45, 7) is 0. The Labute approximate surface area is 84.7 Å². The average Bonchev–Trinajstić information content (AvgIpc) is 2.04. The van der Waals surface area contributed by atoms with Crippen LogP contribution in [0.2, 0.25) is 0 Å². The van der Waals surface area contributed by atoms with Crippen LogP contribution in [0.15, 0.2) is 23.1 Å². The zero-order chi connectivity index (χ0) is 8.27. The van der Waals surface area contributed by atoms with Crippen LogP contribution in [0.5, 0.6) is 5.75 Å². The maximum absolute atomic E-state index is 5.08. The second kappa shape index (κ2) is 4.21. The van der Waals surface area contributed by atoms with Crippen LogP contribution in [0, 0.1) is 3.57 Å². The molecule has 0 aliphatic rings. The molecule has 11 heavy (non-hydrogen) atoms. The van der Waals surface area contributed by atoms with E-state index in [0.717, 1.165) is 5.75 Å². The molecule has 1 rings (SSSR count). The van der Waals surface area contributed by atoms with E-state index in [0.29, 0.717) is 0 Å². The van der Waals surface area contributed by atoms with Crippen molar-refractivity contribution in [1.29, 1.82) is 0 Å². The van der Waals surface area contributed by atoms with Crippen molar-refractivity contribution < 1.29 is 4.74 Å². The lowest BCUT2D eigenvalue weighted by Gasteiger charge is -2.03. The Morgan fingerprint density at radius 3 is 2.64 bits per heavy atom. The molecule has 0 heterocycles. The highest BCUT2D eigenvalue weighted by Gasteiger charge is 1.98. The molecule has 0 aromatic heterocycles. The summed E-state index contributed by atoms with van der Waals surface area (Å²) in [6.07, 6.45) is 2.07. The van der Waals surface area contributed by atoms with E-state index in [1.54, 1.807) is 18.9 Å². The highest BCUT2D eigenvalue weighted by Crippen LogP contribution is 2.25. The van der Waals surface area contributed by atoms with Gasteiger partial charge in [0.1, 0.15) is 5.75 Å². The molecule has 0 atom stereocenters. The fourth-order valence-corrected chi connectivity index (χ4v) is 2.38. The summed E-state index contributed by atoms with van der Waals surface area (Å²) in [6, 6.07) is 6.09. The number of benzene rings is 1. The highest BCUT2D eigenvalue weighted by molar-refractivity contribution is 14.1. The molecule has 0 fully saturated rings. The van der Waals surface area contributed by atoms with Crippen molar-refractivity contribution in [2.24, 2.45) is 0 Å². The third kappa shape index (κ3) is 2.27. The lowest BCUT2D eigenvalue weighted by molar-refractivity contribution is 0.414. The first-order valence-electron chi connectivity index (χ1n) is 3.15. The van der Waals surface area contributed by atoms with Gasteiger partial charge >= 0.3 is 0 Å². The predicted octanol–water partition coefficient (Wildman–Crippen LogP) is 3.02. The standard InChI is InChI=1S/C8H9IOS/c1-10-6-3-4-8(11-2)7(9)5-6/h3-5H,1-2H3. The molecule has 0 unspecified atom stereocenters. The van der Waals surface area contributed by atoms with Crippen LogP contribution in [-0.4, -0.2) is 13.4 Å². The van der Waals surface area contributed by atoms with Crippen molar-refractivity contribution in [3.63, 3.8) is 0 Å². The minimum atomic E-state index is 0.923. The SMILES string of the molecule is COc1ccc(SC)c(I)c1. The molecule has 1 nitrogen and oxygen atoms in total. The van der Waals surface area contributed by atoms with Gasteiger partial charge in [0.2, 0.25) is 0 Å². The second-order valence-corrected chi connectivity index (χ2v) is 4.01. The minimum absolute atomic E-state index is 0.923. The molecule has 1 aromatic rings. The van der Waals surface area contributed by atoms with E-state index < -0.39 is 0 Å². The molecule has 0 aliphatic carbocycles. The van der Waals surface area contributed by atoms with Gasteiger partial charge in [-0.15, -0.1) is 11.8 Å². The van der Waals surface area contributed by atoms with E-state index in [4.69, 9.17) is 4.74 Å². The number of hydrogen-bond donors (Lipinski definition) is 0. The van der Waals surface area contributed by atoms with Crippen molar-refractivity contribution in [2.75, 3.05) is 13.4 Å². The summed E-state index contributed by atoms with van der Waals surface area (Å²) >= 11 is 4.06. The molecule has 0 spiro atoms. The lowest BCUT2D eigenvalue weighted by Crippen LogP contribution is -1.84. The molecule has 0 amide bonds. The molecular weight excluding hydrogens is 271 g/mol. The van der Waals surface area contributed by atoms with Gasteiger partial charge in [-0.2, -0.15) is 0 Å². The summed E-state index contributed by atoms with van der Waals surface area (Å²) < 4.78 is 6.33. The Morgan fingerprint density at radius 1 is 1.45 bits per heavy atom. The number of thioether (sulfide) groups is 1. The van der Waals surface area contributed by atoms with Crippen LogP contribution in [-0.2, 0) is 0 Å². The number of methoxy groups -OCH3 is 1. The topological polar surface area (TPSA) is 9.23 Å². The largest absolute Gasteiger partial charge is 0.497 e. The first kappa shape index (κ1) is 9.19. The smallest absolute Gasteiger partial charge is 0.119 e. The molecule has 3 heteroatoms. The van der Waals surface area contributed by atoms with Crippen LogP contribution in [0.25, 0.3) is 0 Å². The first-order valence-corrected chi connectivity index (χ1v) is 5.46. The van der Waals surface area contributed by atoms with E-state index in [9.17, 15) is 0 Å². The van der Waals surface area contributed by atoms with Gasteiger partial charge in [-0.25, -0.2) is 0 Å². The normalized spacial score (nSPS) is 9.73. The van der Waals surface area contributed by atoms with Gasteiger partial charge in [0.25, 0.3) is 0 Å². The summed E-state index contributed by atoms with van der Waals surface area (Å²) in [5.74, 6) is 0.923. The Balaban J connectivity index is 2.99. The summed E-state index contributed by atoms with van der Waals surface area (Å²) in [7, 11) is 1.68. The highest BCUT2D eigenvalue weighted by atomic mass is 127. The van der Waals surface area contributed by atoms with Crippen molar-refractivity contribution >= 4 is 34.4 Å². The number of hydrogen-bond acceptors (Lipinski definition) is 2. The average molecular weight is 280 g/mol. The number of ether oxygens (including phenoxy) is 1. The Hall–Kier alpha value is 0.1000. The molecule has 60 valence electrons. The summed E-state index contributed by atoms with van der Waals surface area (Å²) in [5.41, 5.74) is 0. The zero-order valence-electron chi connectivity index (χ0n) is 6.43. The van der Waals surface area contributed by atoms with Crippen LogP contribution in [0.1, 0.15) is 0 Å². The molecular formula is C8H9IOS. The summed E-state index contributed by atoms with van der Waals surface area (Å²) in [5, 5.41) is 0. The molecule has 0 saturated heterocycles. The zero-order valence-corrected chi connectivity index (χ0v) is 9.40. The molecule has 0 aliphatic heterocycles. The van der Waals surface area contributed by atoms with Crippen molar-refractivity contribution in [3.8, 4) is 5.75 Å². The first-order chi connectivity index (χ1) is 5.27. The quantitative estimate of drug-likeness (QED) is 0.608. The third-order valence-corrected chi connectivity index (χ3v) is 3.41. The Kier molecular flexibility index (Phi) is 3.51.